The molecule has 0 saturated carbocycles. The summed E-state index contributed by atoms with van der Waals surface area (Å²) in [6.07, 6.45) is 4.87. The number of hydrogen-bond donors (Lipinski definition) is 1. The van der Waals surface area contributed by atoms with E-state index in [1.807, 2.05) is 4.90 Å². The average molecular weight is 346 g/mol. The molecule has 1 atom stereocenters. The van der Waals surface area contributed by atoms with Crippen molar-refractivity contribution < 1.29 is 4.79 Å². The van der Waals surface area contributed by atoms with Crippen molar-refractivity contribution in [2.45, 2.75) is 31.8 Å². The van der Waals surface area contributed by atoms with Crippen LogP contribution in [-0.2, 0) is 6.54 Å². The van der Waals surface area contributed by atoms with Gasteiger partial charge in [-0.15, -0.1) is 0 Å². The average Bonchev–Trinajstić information content (AvgIpc) is 3.01. The molecule has 1 aliphatic rings. The highest BCUT2D eigenvalue weighted by atomic mass is 35.5. The molecule has 1 aliphatic heterocycles. The Balaban J connectivity index is 1.80. The number of amides is 1. The number of hydrogen-bond acceptors (Lipinski definition) is 2. The molecular formula is C19H24ClN3O. The third-order valence-corrected chi connectivity index (χ3v) is 4.72. The molecule has 3 rings (SSSR count). The van der Waals surface area contributed by atoms with Crippen LogP contribution in [0.25, 0.3) is 0 Å². The van der Waals surface area contributed by atoms with Crippen LogP contribution in [0.1, 0.15) is 46.9 Å². The molecule has 5 heteroatoms. The molecular weight excluding hydrogens is 322 g/mol. The first-order chi connectivity index (χ1) is 11.5. The van der Waals surface area contributed by atoms with Gasteiger partial charge in [0.1, 0.15) is 5.69 Å². The van der Waals surface area contributed by atoms with Gasteiger partial charge in [-0.25, -0.2) is 0 Å². The number of benzene rings is 1. The molecule has 24 heavy (non-hydrogen) atoms. The number of aromatic nitrogens is 1. The van der Waals surface area contributed by atoms with Crippen molar-refractivity contribution in [1.82, 2.24) is 14.8 Å². The van der Waals surface area contributed by atoms with Crippen LogP contribution in [0.4, 0.5) is 0 Å². The number of aromatic amines is 1. The highest BCUT2D eigenvalue weighted by Gasteiger charge is 2.29. The van der Waals surface area contributed by atoms with E-state index in [1.165, 1.54) is 11.1 Å². The maximum Gasteiger partial charge on any atom is 0.270 e. The summed E-state index contributed by atoms with van der Waals surface area (Å²) in [6.45, 7) is 1.72. The molecule has 0 spiro atoms. The second kappa shape index (κ2) is 7.41. The lowest BCUT2D eigenvalue weighted by Crippen LogP contribution is -2.38. The first-order valence-corrected chi connectivity index (χ1v) is 8.81. The van der Waals surface area contributed by atoms with E-state index in [1.54, 1.807) is 12.3 Å². The molecule has 1 saturated heterocycles. The topological polar surface area (TPSA) is 39.3 Å². The Labute approximate surface area is 148 Å². The molecule has 2 aromatic rings. The Morgan fingerprint density at radius 3 is 2.67 bits per heavy atom. The fraction of sp³-hybridized carbons (Fsp3) is 0.421. The molecule has 1 fully saturated rings. The predicted molar refractivity (Wildman–Crippen MR) is 97.3 cm³/mol. The van der Waals surface area contributed by atoms with Gasteiger partial charge in [0.2, 0.25) is 0 Å². The third-order valence-electron chi connectivity index (χ3n) is 4.51. The number of likely N-dealkylation sites (tertiary alicyclic amines) is 1. The van der Waals surface area contributed by atoms with Gasteiger partial charge in [-0.3, -0.25) is 4.79 Å². The highest BCUT2D eigenvalue weighted by molar-refractivity contribution is 6.30. The molecule has 2 heterocycles. The molecule has 0 bridgehead atoms. The van der Waals surface area contributed by atoms with E-state index >= 15 is 0 Å². The van der Waals surface area contributed by atoms with E-state index in [-0.39, 0.29) is 11.9 Å². The van der Waals surface area contributed by atoms with Crippen molar-refractivity contribution in [3.05, 3.63) is 58.4 Å². The van der Waals surface area contributed by atoms with E-state index in [9.17, 15) is 4.79 Å². The summed E-state index contributed by atoms with van der Waals surface area (Å²) in [6, 6.07) is 10.5. The van der Waals surface area contributed by atoms with Crippen LogP contribution >= 0.6 is 11.6 Å². The summed E-state index contributed by atoms with van der Waals surface area (Å²) in [5.41, 5.74) is 3.06. The van der Waals surface area contributed by atoms with Crippen molar-refractivity contribution in [3.8, 4) is 0 Å². The van der Waals surface area contributed by atoms with Crippen LogP contribution < -0.4 is 0 Å². The minimum Gasteiger partial charge on any atom is -0.356 e. The number of rotatable bonds is 4. The number of nitrogens with one attached hydrogen (secondary N) is 1. The highest BCUT2D eigenvalue weighted by Crippen LogP contribution is 2.32. The summed E-state index contributed by atoms with van der Waals surface area (Å²) in [4.78, 5) is 19.9. The van der Waals surface area contributed by atoms with Gasteiger partial charge in [-0.2, -0.15) is 0 Å². The Morgan fingerprint density at radius 1 is 1.29 bits per heavy atom. The first kappa shape index (κ1) is 17.1. The fourth-order valence-corrected chi connectivity index (χ4v) is 3.54. The van der Waals surface area contributed by atoms with Gasteiger partial charge in [0, 0.05) is 19.3 Å². The van der Waals surface area contributed by atoms with Crippen LogP contribution in [0.2, 0.25) is 5.02 Å². The van der Waals surface area contributed by atoms with E-state index in [2.05, 4.69) is 48.2 Å². The predicted octanol–water partition coefficient (Wildman–Crippen LogP) is 4.10. The monoisotopic (exact) mass is 345 g/mol. The molecule has 1 unspecified atom stereocenters. The van der Waals surface area contributed by atoms with Crippen molar-refractivity contribution >= 4 is 17.5 Å². The van der Waals surface area contributed by atoms with Crippen LogP contribution in [0.3, 0.4) is 0 Å². The molecule has 1 amide bonds. The summed E-state index contributed by atoms with van der Waals surface area (Å²) < 4.78 is 0. The van der Waals surface area contributed by atoms with Crippen LogP contribution in [0.5, 0.6) is 0 Å². The number of piperidine rings is 1. The Morgan fingerprint density at radius 2 is 2.04 bits per heavy atom. The minimum absolute atomic E-state index is 0.0315. The Bertz CT molecular complexity index is 693. The van der Waals surface area contributed by atoms with Crippen LogP contribution in [0, 0.1) is 0 Å². The number of nitrogens with zero attached hydrogens (tertiary/aromatic N) is 2. The quantitative estimate of drug-likeness (QED) is 0.906. The second-order valence-corrected chi connectivity index (χ2v) is 7.16. The lowest BCUT2D eigenvalue weighted by molar-refractivity contribution is 0.0606. The summed E-state index contributed by atoms with van der Waals surface area (Å²) in [5, 5.41) is 0.569. The molecule has 1 aromatic heterocycles. The zero-order valence-electron chi connectivity index (χ0n) is 14.3. The van der Waals surface area contributed by atoms with Gasteiger partial charge in [-0.05, 0) is 50.6 Å². The lowest BCUT2D eigenvalue weighted by atomic mass is 9.94. The van der Waals surface area contributed by atoms with Crippen molar-refractivity contribution in [3.63, 3.8) is 0 Å². The molecule has 0 radical (unpaired) electrons. The van der Waals surface area contributed by atoms with Gasteiger partial charge < -0.3 is 14.8 Å². The van der Waals surface area contributed by atoms with Gasteiger partial charge >= 0.3 is 0 Å². The molecule has 0 aliphatic carbocycles. The van der Waals surface area contributed by atoms with Crippen molar-refractivity contribution in [1.29, 1.82) is 0 Å². The fourth-order valence-electron chi connectivity index (χ4n) is 3.38. The van der Waals surface area contributed by atoms with E-state index < -0.39 is 0 Å². The van der Waals surface area contributed by atoms with Crippen molar-refractivity contribution in [2.24, 2.45) is 0 Å². The molecule has 128 valence electrons. The van der Waals surface area contributed by atoms with Crippen molar-refractivity contribution in [2.75, 3.05) is 20.6 Å². The Kier molecular flexibility index (Phi) is 5.27. The standard InChI is InChI=1S/C19H24ClN3O/c1-22(2)13-14-6-8-15(9-7-14)18-5-3-4-10-23(18)19(24)17-11-16(20)12-21-17/h6-9,11-12,18,21H,3-5,10,13H2,1-2H3. The summed E-state index contributed by atoms with van der Waals surface area (Å²) in [5.74, 6) is 0.0315. The first-order valence-electron chi connectivity index (χ1n) is 8.43. The van der Waals surface area contributed by atoms with Gasteiger partial charge in [0.15, 0.2) is 0 Å². The summed E-state index contributed by atoms with van der Waals surface area (Å²) >= 11 is 5.95. The van der Waals surface area contributed by atoms with Gasteiger partial charge in [0.05, 0.1) is 11.1 Å². The van der Waals surface area contributed by atoms with E-state index in [0.717, 1.165) is 32.4 Å². The van der Waals surface area contributed by atoms with Crippen LogP contribution in [-0.4, -0.2) is 41.3 Å². The maximum atomic E-state index is 12.8. The Hall–Kier alpha value is -1.78. The number of H-pyrrole nitrogens is 1. The zero-order chi connectivity index (χ0) is 17.1. The second-order valence-electron chi connectivity index (χ2n) is 6.72. The number of halogens is 1. The van der Waals surface area contributed by atoms with E-state index in [4.69, 9.17) is 11.6 Å². The van der Waals surface area contributed by atoms with Gasteiger partial charge in [-0.1, -0.05) is 35.9 Å². The lowest BCUT2D eigenvalue weighted by Gasteiger charge is -2.36. The zero-order valence-corrected chi connectivity index (χ0v) is 15.0. The normalized spacial score (nSPS) is 18.2. The molecule has 4 nitrogen and oxygen atoms in total. The largest absolute Gasteiger partial charge is 0.356 e. The SMILES string of the molecule is CN(C)Cc1ccc(C2CCCCN2C(=O)c2cc(Cl)c[nH]2)cc1. The summed E-state index contributed by atoms with van der Waals surface area (Å²) in [7, 11) is 4.13. The van der Waals surface area contributed by atoms with Gasteiger partial charge in [0.25, 0.3) is 5.91 Å². The smallest absolute Gasteiger partial charge is 0.270 e. The number of carbonyl (C=O) groups is 1. The minimum atomic E-state index is 0.0315. The maximum absolute atomic E-state index is 12.8. The van der Waals surface area contributed by atoms with Crippen LogP contribution in [0.15, 0.2) is 36.5 Å². The number of carbonyl (C=O) groups excluding carboxylic acids is 1. The third kappa shape index (κ3) is 3.82. The molecule has 1 N–H and O–H groups in total. The molecule has 1 aromatic carbocycles. The van der Waals surface area contributed by atoms with E-state index in [0.29, 0.717) is 10.7 Å².